The number of carbonyl (C=O) groups excluding carboxylic acids is 1. The lowest BCUT2D eigenvalue weighted by molar-refractivity contribution is -0.127. The number of rotatable bonds is 1. The van der Waals surface area contributed by atoms with E-state index in [1.807, 2.05) is 18.9 Å². The Kier molecular flexibility index (Phi) is 3.52. The van der Waals surface area contributed by atoms with Gasteiger partial charge in [0.15, 0.2) is 0 Å². The second-order valence-electron chi connectivity index (χ2n) is 4.98. The number of hydrogen-bond donors (Lipinski definition) is 0. The minimum absolute atomic E-state index is 0.109. The molecule has 2 aromatic rings. The summed E-state index contributed by atoms with van der Waals surface area (Å²) >= 11 is 7.61. The Morgan fingerprint density at radius 2 is 2.15 bits per heavy atom. The van der Waals surface area contributed by atoms with Crippen molar-refractivity contribution in [2.45, 2.75) is 13.3 Å². The highest BCUT2D eigenvalue weighted by molar-refractivity contribution is 7.18. The molecule has 20 heavy (non-hydrogen) atoms. The standard InChI is InChI=1S/C13H15ClN4OS/c1-8-6-9-11(15-13(14)16-12(9)20-8)18-5-3-4-17(2)10(19)7-18/h6H,3-5,7H2,1-2H3. The van der Waals surface area contributed by atoms with Crippen LogP contribution in [0.3, 0.4) is 0 Å². The number of fused-ring (bicyclic) bond motifs is 1. The van der Waals surface area contributed by atoms with Gasteiger partial charge in [-0.3, -0.25) is 4.79 Å². The van der Waals surface area contributed by atoms with Crippen molar-refractivity contribution in [3.63, 3.8) is 0 Å². The third-order valence-corrected chi connectivity index (χ3v) is 4.55. The second kappa shape index (κ2) is 5.18. The third kappa shape index (κ3) is 2.45. The lowest BCUT2D eigenvalue weighted by Gasteiger charge is -2.21. The van der Waals surface area contributed by atoms with E-state index in [0.29, 0.717) is 6.54 Å². The third-order valence-electron chi connectivity index (χ3n) is 3.44. The maximum atomic E-state index is 12.0. The Morgan fingerprint density at radius 3 is 2.95 bits per heavy atom. The number of aryl methyl sites for hydroxylation is 1. The van der Waals surface area contributed by atoms with Gasteiger partial charge in [0.25, 0.3) is 0 Å². The van der Waals surface area contributed by atoms with Crippen LogP contribution in [-0.2, 0) is 4.79 Å². The first kappa shape index (κ1) is 13.6. The zero-order valence-corrected chi connectivity index (χ0v) is 13.0. The molecule has 0 N–H and O–H groups in total. The van der Waals surface area contributed by atoms with Crippen LogP contribution in [0.4, 0.5) is 5.82 Å². The molecule has 0 unspecified atom stereocenters. The average molecular weight is 311 g/mol. The van der Waals surface area contributed by atoms with Crippen molar-refractivity contribution in [1.29, 1.82) is 0 Å². The van der Waals surface area contributed by atoms with Gasteiger partial charge in [-0.25, -0.2) is 4.98 Å². The highest BCUT2D eigenvalue weighted by Crippen LogP contribution is 2.32. The smallest absolute Gasteiger partial charge is 0.241 e. The summed E-state index contributed by atoms with van der Waals surface area (Å²) in [6.07, 6.45) is 0.925. The molecule has 3 heterocycles. The van der Waals surface area contributed by atoms with E-state index in [-0.39, 0.29) is 11.2 Å². The molecule has 0 bridgehead atoms. The monoisotopic (exact) mass is 310 g/mol. The molecule has 1 aliphatic rings. The van der Waals surface area contributed by atoms with Crippen LogP contribution in [-0.4, -0.2) is 47.5 Å². The highest BCUT2D eigenvalue weighted by Gasteiger charge is 2.22. The zero-order valence-electron chi connectivity index (χ0n) is 11.4. The molecule has 0 radical (unpaired) electrons. The maximum Gasteiger partial charge on any atom is 0.241 e. The Bertz CT molecular complexity index is 672. The SMILES string of the molecule is Cc1cc2c(N3CCCN(C)C(=O)C3)nc(Cl)nc2s1. The van der Waals surface area contributed by atoms with E-state index < -0.39 is 0 Å². The van der Waals surface area contributed by atoms with Crippen LogP contribution in [0.2, 0.25) is 5.28 Å². The molecule has 0 saturated carbocycles. The number of aromatic nitrogens is 2. The number of thiophene rings is 1. The molecular formula is C13H15ClN4OS. The molecule has 1 fully saturated rings. The largest absolute Gasteiger partial charge is 0.347 e. The fraction of sp³-hybridized carbons (Fsp3) is 0.462. The van der Waals surface area contributed by atoms with Crippen LogP contribution in [0.1, 0.15) is 11.3 Å². The van der Waals surface area contributed by atoms with Gasteiger partial charge >= 0.3 is 0 Å². The van der Waals surface area contributed by atoms with Crippen molar-refractivity contribution in [1.82, 2.24) is 14.9 Å². The summed E-state index contributed by atoms with van der Waals surface area (Å²) in [5.74, 6) is 0.880. The molecule has 7 heteroatoms. The molecule has 0 aliphatic carbocycles. The molecule has 106 valence electrons. The lowest BCUT2D eigenvalue weighted by atomic mass is 10.3. The molecule has 2 aromatic heterocycles. The number of carbonyl (C=O) groups is 1. The Morgan fingerprint density at radius 1 is 1.35 bits per heavy atom. The maximum absolute atomic E-state index is 12.0. The van der Waals surface area contributed by atoms with Gasteiger partial charge in [-0.1, -0.05) is 0 Å². The van der Waals surface area contributed by atoms with Gasteiger partial charge in [0.05, 0.1) is 11.9 Å². The van der Waals surface area contributed by atoms with Gasteiger partial charge in [0.2, 0.25) is 11.2 Å². The average Bonchev–Trinajstić information content (AvgIpc) is 2.67. The van der Waals surface area contributed by atoms with Crippen LogP contribution in [0, 0.1) is 6.92 Å². The molecule has 5 nitrogen and oxygen atoms in total. The fourth-order valence-electron chi connectivity index (χ4n) is 2.41. The van der Waals surface area contributed by atoms with Gasteiger partial charge in [0.1, 0.15) is 10.6 Å². The molecule has 3 rings (SSSR count). The summed E-state index contributed by atoms with van der Waals surface area (Å²) in [4.78, 5) is 26.5. The first-order valence-corrected chi connectivity index (χ1v) is 7.66. The zero-order chi connectivity index (χ0) is 14.3. The van der Waals surface area contributed by atoms with E-state index in [0.717, 1.165) is 40.4 Å². The minimum Gasteiger partial charge on any atom is -0.347 e. The molecule has 0 spiro atoms. The van der Waals surface area contributed by atoms with Gasteiger partial charge in [-0.2, -0.15) is 4.98 Å². The van der Waals surface area contributed by atoms with E-state index in [1.165, 1.54) is 0 Å². The predicted molar refractivity (Wildman–Crippen MR) is 81.6 cm³/mol. The van der Waals surface area contributed by atoms with Crippen molar-refractivity contribution in [2.24, 2.45) is 0 Å². The number of amides is 1. The molecule has 1 saturated heterocycles. The molecule has 0 atom stereocenters. The Labute approximate surface area is 126 Å². The van der Waals surface area contributed by atoms with Gasteiger partial charge < -0.3 is 9.80 Å². The summed E-state index contributed by atoms with van der Waals surface area (Å²) in [7, 11) is 1.84. The van der Waals surface area contributed by atoms with Crippen molar-refractivity contribution >= 4 is 44.9 Å². The van der Waals surface area contributed by atoms with Crippen molar-refractivity contribution in [3.8, 4) is 0 Å². The van der Waals surface area contributed by atoms with E-state index in [1.54, 1.807) is 16.2 Å². The predicted octanol–water partition coefficient (Wildman–Crippen LogP) is 2.32. The number of likely N-dealkylation sites (N-methyl/N-ethyl adjacent to an activating group) is 1. The Hall–Kier alpha value is -1.40. The van der Waals surface area contributed by atoms with Crippen LogP contribution in [0.5, 0.6) is 0 Å². The van der Waals surface area contributed by atoms with Crippen molar-refractivity contribution in [2.75, 3.05) is 31.6 Å². The van der Waals surface area contributed by atoms with Gasteiger partial charge in [0, 0.05) is 25.0 Å². The summed E-state index contributed by atoms with van der Waals surface area (Å²) in [6.45, 7) is 3.95. The summed E-state index contributed by atoms with van der Waals surface area (Å²) in [5.41, 5.74) is 0. The summed E-state index contributed by atoms with van der Waals surface area (Å²) < 4.78 is 0. The number of hydrogen-bond acceptors (Lipinski definition) is 5. The van der Waals surface area contributed by atoms with E-state index >= 15 is 0 Å². The van der Waals surface area contributed by atoms with Gasteiger partial charge in [-0.15, -0.1) is 11.3 Å². The number of anilines is 1. The fourth-order valence-corrected chi connectivity index (χ4v) is 3.50. The first-order valence-electron chi connectivity index (χ1n) is 6.47. The van der Waals surface area contributed by atoms with Crippen LogP contribution in [0.15, 0.2) is 6.07 Å². The lowest BCUT2D eigenvalue weighted by Crippen LogP contribution is -2.34. The van der Waals surface area contributed by atoms with Crippen molar-refractivity contribution < 1.29 is 4.79 Å². The summed E-state index contributed by atoms with van der Waals surface area (Å²) in [5, 5.41) is 1.22. The summed E-state index contributed by atoms with van der Waals surface area (Å²) in [6, 6.07) is 2.06. The van der Waals surface area contributed by atoms with Crippen LogP contribution < -0.4 is 4.90 Å². The first-order chi connectivity index (χ1) is 9.54. The Balaban J connectivity index is 2.06. The number of halogens is 1. The molecule has 1 aliphatic heterocycles. The topological polar surface area (TPSA) is 49.3 Å². The van der Waals surface area contributed by atoms with E-state index in [2.05, 4.69) is 16.0 Å². The number of nitrogens with zero attached hydrogens (tertiary/aromatic N) is 4. The minimum atomic E-state index is 0.109. The molecular weight excluding hydrogens is 296 g/mol. The van der Waals surface area contributed by atoms with Gasteiger partial charge in [-0.05, 0) is 31.0 Å². The second-order valence-corrected chi connectivity index (χ2v) is 6.56. The van der Waals surface area contributed by atoms with Crippen LogP contribution in [0.25, 0.3) is 10.2 Å². The van der Waals surface area contributed by atoms with Crippen molar-refractivity contribution in [3.05, 3.63) is 16.2 Å². The van der Waals surface area contributed by atoms with E-state index in [9.17, 15) is 4.79 Å². The van der Waals surface area contributed by atoms with E-state index in [4.69, 9.17) is 11.6 Å². The normalized spacial score (nSPS) is 16.9. The molecule has 1 amide bonds. The molecule has 0 aromatic carbocycles. The quantitative estimate of drug-likeness (QED) is 0.759. The highest BCUT2D eigenvalue weighted by atomic mass is 35.5. The van der Waals surface area contributed by atoms with Crippen LogP contribution >= 0.6 is 22.9 Å².